The molecule has 7 heteroatoms. The highest BCUT2D eigenvalue weighted by Gasteiger charge is 2.15. The number of carbonyl (C=O) groups is 2. The Morgan fingerprint density at radius 3 is 2.64 bits per heavy atom. The van der Waals surface area contributed by atoms with Crippen LogP contribution in [0.5, 0.6) is 0 Å². The summed E-state index contributed by atoms with van der Waals surface area (Å²) in [5.41, 5.74) is 3.07. The van der Waals surface area contributed by atoms with E-state index in [9.17, 15) is 14.4 Å². The quantitative estimate of drug-likeness (QED) is 0.760. The lowest BCUT2D eigenvalue weighted by atomic mass is 10.1. The number of fused-ring (bicyclic) bond motifs is 1. The molecule has 7 nitrogen and oxygen atoms in total. The van der Waals surface area contributed by atoms with Gasteiger partial charge in [0.25, 0.3) is 0 Å². The number of carboxylic acid groups (broad SMARTS) is 1. The first-order valence-corrected chi connectivity index (χ1v) is 7.59. The minimum atomic E-state index is -1.12. The van der Waals surface area contributed by atoms with Gasteiger partial charge in [-0.15, -0.1) is 0 Å². The third kappa shape index (κ3) is 3.30. The minimum Gasteiger partial charge on any atom is -0.478 e. The van der Waals surface area contributed by atoms with E-state index < -0.39 is 17.6 Å². The molecule has 0 unspecified atom stereocenters. The van der Waals surface area contributed by atoms with Gasteiger partial charge in [-0.1, -0.05) is 12.1 Å². The fraction of sp³-hybridized carbons (Fsp3) is 0.167. The van der Waals surface area contributed by atoms with E-state index in [0.717, 1.165) is 15.7 Å². The summed E-state index contributed by atoms with van der Waals surface area (Å²) in [6.45, 7) is 3.51. The molecule has 1 amide bonds. The molecule has 1 aromatic heterocycles. The van der Waals surface area contributed by atoms with Gasteiger partial charge in [0.05, 0.1) is 11.1 Å². The number of aromatic carboxylic acids is 1. The molecule has 3 aromatic rings. The zero-order chi connectivity index (χ0) is 18.1. The number of hydrogen-bond donors (Lipinski definition) is 2. The van der Waals surface area contributed by atoms with Gasteiger partial charge >= 0.3 is 11.7 Å². The highest BCUT2D eigenvalue weighted by Crippen LogP contribution is 2.18. The summed E-state index contributed by atoms with van der Waals surface area (Å²) in [6, 6.07) is 9.73. The molecule has 2 aromatic carbocycles. The highest BCUT2D eigenvalue weighted by molar-refractivity contribution is 5.94. The predicted molar refractivity (Wildman–Crippen MR) is 92.0 cm³/mol. The Hall–Kier alpha value is -3.35. The molecule has 0 atom stereocenters. The molecule has 0 saturated heterocycles. The largest absolute Gasteiger partial charge is 0.478 e. The smallest absolute Gasteiger partial charge is 0.420 e. The molecule has 3 rings (SSSR count). The van der Waals surface area contributed by atoms with Crippen LogP contribution in [0.2, 0.25) is 0 Å². The van der Waals surface area contributed by atoms with Crippen LogP contribution in [0.25, 0.3) is 11.1 Å². The van der Waals surface area contributed by atoms with Crippen LogP contribution >= 0.6 is 0 Å². The van der Waals surface area contributed by atoms with Crippen molar-refractivity contribution in [2.45, 2.75) is 20.4 Å². The van der Waals surface area contributed by atoms with Crippen LogP contribution in [0.1, 0.15) is 21.5 Å². The van der Waals surface area contributed by atoms with Crippen LogP contribution in [-0.2, 0) is 11.3 Å². The lowest BCUT2D eigenvalue weighted by Crippen LogP contribution is -2.25. The molecule has 128 valence electrons. The number of hydrogen-bond acceptors (Lipinski definition) is 4. The second-order valence-electron chi connectivity index (χ2n) is 5.81. The number of carboxylic acids is 1. The first-order valence-electron chi connectivity index (χ1n) is 7.59. The maximum absolute atomic E-state index is 12.3. The third-order valence-electron chi connectivity index (χ3n) is 3.88. The van der Waals surface area contributed by atoms with E-state index in [1.807, 2.05) is 32.0 Å². The summed E-state index contributed by atoms with van der Waals surface area (Å²) in [5.74, 6) is -2.24. The van der Waals surface area contributed by atoms with E-state index in [4.69, 9.17) is 9.52 Å². The molecule has 0 radical (unpaired) electrons. The van der Waals surface area contributed by atoms with Gasteiger partial charge in [0.2, 0.25) is 5.91 Å². The SMILES string of the molecule is Cc1ccc(C)c(NC(=O)Cn2c(=O)oc3ccc(C(=O)O)cc32)c1. The number of nitrogens with one attached hydrogen (secondary N) is 1. The number of anilines is 1. The second-order valence-corrected chi connectivity index (χ2v) is 5.81. The van der Waals surface area contributed by atoms with E-state index in [1.165, 1.54) is 18.2 Å². The summed E-state index contributed by atoms with van der Waals surface area (Å²) < 4.78 is 6.18. The Balaban J connectivity index is 1.91. The molecular formula is C18H16N2O5. The summed E-state index contributed by atoms with van der Waals surface area (Å²) >= 11 is 0. The van der Waals surface area contributed by atoms with Crippen molar-refractivity contribution in [3.63, 3.8) is 0 Å². The van der Waals surface area contributed by atoms with Gasteiger partial charge < -0.3 is 14.8 Å². The highest BCUT2D eigenvalue weighted by atomic mass is 16.4. The average Bonchev–Trinajstić information content (AvgIpc) is 2.86. The zero-order valence-corrected chi connectivity index (χ0v) is 13.7. The minimum absolute atomic E-state index is 0.0111. The summed E-state index contributed by atoms with van der Waals surface area (Å²) in [7, 11) is 0. The Morgan fingerprint density at radius 1 is 1.16 bits per heavy atom. The monoisotopic (exact) mass is 340 g/mol. The van der Waals surface area contributed by atoms with Gasteiger partial charge in [0.15, 0.2) is 5.58 Å². The number of oxazole rings is 1. The predicted octanol–water partition coefficient (Wildman–Crippen LogP) is 2.55. The van der Waals surface area contributed by atoms with Crippen molar-refractivity contribution < 1.29 is 19.1 Å². The molecule has 0 saturated carbocycles. The molecule has 0 aliphatic rings. The van der Waals surface area contributed by atoms with Gasteiger partial charge in [-0.05, 0) is 49.2 Å². The molecule has 1 heterocycles. The van der Waals surface area contributed by atoms with Crippen LogP contribution in [0.15, 0.2) is 45.6 Å². The average molecular weight is 340 g/mol. The van der Waals surface area contributed by atoms with Gasteiger partial charge in [0.1, 0.15) is 6.54 Å². The number of benzene rings is 2. The number of carbonyl (C=O) groups excluding carboxylic acids is 1. The molecule has 0 spiro atoms. The van der Waals surface area contributed by atoms with Crippen molar-refractivity contribution in [2.24, 2.45) is 0 Å². The van der Waals surface area contributed by atoms with Crippen molar-refractivity contribution in [3.8, 4) is 0 Å². The standard InChI is InChI=1S/C18H16N2O5/c1-10-3-4-11(2)13(7-10)19-16(21)9-20-14-8-12(17(22)23)5-6-15(14)25-18(20)24/h3-8H,9H2,1-2H3,(H,19,21)(H,22,23). The summed E-state index contributed by atoms with van der Waals surface area (Å²) in [5, 5.41) is 11.8. The van der Waals surface area contributed by atoms with Crippen LogP contribution in [0, 0.1) is 13.8 Å². The lowest BCUT2D eigenvalue weighted by molar-refractivity contribution is -0.116. The Bertz CT molecular complexity index is 1050. The first kappa shape index (κ1) is 16.5. The van der Waals surface area contributed by atoms with Gasteiger partial charge in [-0.2, -0.15) is 0 Å². The lowest BCUT2D eigenvalue weighted by Gasteiger charge is -2.09. The Labute approximate surface area is 142 Å². The number of amides is 1. The Morgan fingerprint density at radius 2 is 1.92 bits per heavy atom. The van der Waals surface area contributed by atoms with E-state index in [2.05, 4.69) is 5.32 Å². The van der Waals surface area contributed by atoms with Crippen molar-refractivity contribution in [1.82, 2.24) is 4.57 Å². The normalized spacial score (nSPS) is 10.8. The molecule has 0 aliphatic carbocycles. The van der Waals surface area contributed by atoms with E-state index in [-0.39, 0.29) is 23.2 Å². The zero-order valence-electron chi connectivity index (χ0n) is 13.7. The van der Waals surface area contributed by atoms with E-state index in [0.29, 0.717) is 5.69 Å². The van der Waals surface area contributed by atoms with Crippen LogP contribution in [0.3, 0.4) is 0 Å². The van der Waals surface area contributed by atoms with Crippen LogP contribution in [-0.4, -0.2) is 21.6 Å². The molecule has 0 aliphatic heterocycles. The fourth-order valence-corrected chi connectivity index (χ4v) is 2.55. The van der Waals surface area contributed by atoms with Crippen molar-refractivity contribution >= 4 is 28.7 Å². The molecule has 25 heavy (non-hydrogen) atoms. The molecular weight excluding hydrogens is 324 g/mol. The van der Waals surface area contributed by atoms with E-state index in [1.54, 1.807) is 0 Å². The van der Waals surface area contributed by atoms with Crippen molar-refractivity contribution in [3.05, 3.63) is 63.6 Å². The number of nitrogens with zero attached hydrogens (tertiary/aromatic N) is 1. The molecule has 0 bridgehead atoms. The summed E-state index contributed by atoms with van der Waals surface area (Å²) in [6.07, 6.45) is 0. The number of aromatic nitrogens is 1. The van der Waals surface area contributed by atoms with Crippen molar-refractivity contribution in [1.29, 1.82) is 0 Å². The van der Waals surface area contributed by atoms with E-state index >= 15 is 0 Å². The second kappa shape index (κ2) is 6.27. The number of aryl methyl sites for hydroxylation is 2. The van der Waals surface area contributed by atoms with Gasteiger partial charge in [0, 0.05) is 5.69 Å². The van der Waals surface area contributed by atoms with Gasteiger partial charge in [-0.25, -0.2) is 9.59 Å². The maximum atomic E-state index is 12.3. The number of rotatable bonds is 4. The Kier molecular flexibility index (Phi) is 4.14. The first-order chi connectivity index (χ1) is 11.8. The van der Waals surface area contributed by atoms with Crippen LogP contribution < -0.4 is 11.1 Å². The summed E-state index contributed by atoms with van der Waals surface area (Å²) in [4.78, 5) is 35.4. The topological polar surface area (TPSA) is 102 Å². The third-order valence-corrected chi connectivity index (χ3v) is 3.88. The molecule has 2 N–H and O–H groups in total. The van der Waals surface area contributed by atoms with Crippen LogP contribution in [0.4, 0.5) is 5.69 Å². The fourth-order valence-electron chi connectivity index (χ4n) is 2.55. The molecule has 0 fully saturated rings. The van der Waals surface area contributed by atoms with Gasteiger partial charge in [-0.3, -0.25) is 9.36 Å². The van der Waals surface area contributed by atoms with Crippen molar-refractivity contribution in [2.75, 3.05) is 5.32 Å². The maximum Gasteiger partial charge on any atom is 0.420 e.